The fourth-order valence-corrected chi connectivity index (χ4v) is 4.19. The topological polar surface area (TPSA) is 120 Å². The number of rotatable bonds is 8. The lowest BCUT2D eigenvalue weighted by Crippen LogP contribution is -2.34. The van der Waals surface area contributed by atoms with E-state index in [0.29, 0.717) is 23.0 Å². The number of halogens is 7. The van der Waals surface area contributed by atoms with E-state index in [-0.39, 0.29) is 38.5 Å². The Labute approximate surface area is 238 Å². The summed E-state index contributed by atoms with van der Waals surface area (Å²) in [6.07, 6.45) is -4.07. The lowest BCUT2D eigenvalue weighted by Gasteiger charge is -2.16. The molecule has 0 saturated heterocycles. The Balaban J connectivity index is 1.73. The molecule has 4 rings (SSSR count). The fourth-order valence-electron chi connectivity index (χ4n) is 3.72. The van der Waals surface area contributed by atoms with Crippen molar-refractivity contribution in [1.82, 2.24) is 35.1 Å². The van der Waals surface area contributed by atoms with Gasteiger partial charge in [-0.2, -0.15) is 27.1 Å². The van der Waals surface area contributed by atoms with Crippen LogP contribution in [0, 0.1) is 6.92 Å². The second-order valence-electron chi connectivity index (χ2n) is 8.57. The predicted octanol–water partition coefficient (Wildman–Crippen LogP) is 5.18. The van der Waals surface area contributed by atoms with Crippen LogP contribution in [0.15, 0.2) is 42.7 Å². The molecule has 4 aromatic rings. The number of anilines is 1. The van der Waals surface area contributed by atoms with Crippen LogP contribution in [0.2, 0.25) is 10.0 Å². The number of alkyl halides is 5. The molecule has 3 aromatic heterocycles. The average Bonchev–Trinajstić information content (AvgIpc) is 3.53. The Morgan fingerprint density at radius 2 is 1.80 bits per heavy atom. The molecule has 41 heavy (non-hydrogen) atoms. The molecule has 216 valence electrons. The van der Waals surface area contributed by atoms with Crippen molar-refractivity contribution < 1.29 is 31.5 Å². The minimum absolute atomic E-state index is 0.0143. The van der Waals surface area contributed by atoms with Crippen molar-refractivity contribution in [3.63, 3.8) is 0 Å². The summed E-state index contributed by atoms with van der Waals surface area (Å²) in [7, 11) is 0. The maximum atomic E-state index is 13.7. The Morgan fingerprint density at radius 1 is 1.07 bits per heavy atom. The quantitative estimate of drug-likeness (QED) is 0.263. The molecule has 2 amide bonds. The van der Waals surface area contributed by atoms with E-state index in [0.717, 1.165) is 4.68 Å². The van der Waals surface area contributed by atoms with Crippen LogP contribution in [0.5, 0.6) is 0 Å². The van der Waals surface area contributed by atoms with E-state index in [4.69, 9.17) is 23.2 Å². The summed E-state index contributed by atoms with van der Waals surface area (Å²) in [6, 6.07) is 7.17. The van der Waals surface area contributed by atoms with Gasteiger partial charge in [0.05, 0.1) is 34.7 Å². The number of pyridine rings is 1. The van der Waals surface area contributed by atoms with Gasteiger partial charge in [0, 0.05) is 17.8 Å². The molecule has 0 radical (unpaired) electrons. The van der Waals surface area contributed by atoms with E-state index in [1.54, 1.807) is 13.8 Å². The highest BCUT2D eigenvalue weighted by molar-refractivity contribution is 6.32. The SMILES string of the molecule is CCNC(=O)c1cc(Cl)cc(C)c1NC(=O)c1cc(Cn2cc(C(F)(F)C(F)(F)F)nn2)nn1-c1ncccc1Cl. The highest BCUT2D eigenvalue weighted by Crippen LogP contribution is 2.42. The molecule has 0 saturated carbocycles. The minimum Gasteiger partial charge on any atom is -0.352 e. The first-order chi connectivity index (χ1) is 19.2. The Hall–Kier alpha value is -4.11. The van der Waals surface area contributed by atoms with E-state index >= 15 is 0 Å². The van der Waals surface area contributed by atoms with Crippen molar-refractivity contribution >= 4 is 40.7 Å². The van der Waals surface area contributed by atoms with Gasteiger partial charge in [-0.05, 0) is 49.7 Å². The second-order valence-corrected chi connectivity index (χ2v) is 9.42. The van der Waals surface area contributed by atoms with Gasteiger partial charge in [0.1, 0.15) is 5.69 Å². The summed E-state index contributed by atoms with van der Waals surface area (Å²) in [6.45, 7) is 3.21. The molecule has 0 spiro atoms. The summed E-state index contributed by atoms with van der Waals surface area (Å²) in [5.41, 5.74) is -1.03. The largest absolute Gasteiger partial charge is 0.459 e. The van der Waals surface area contributed by atoms with Crippen molar-refractivity contribution in [2.24, 2.45) is 0 Å². The first-order valence-corrected chi connectivity index (χ1v) is 12.4. The third-order valence-electron chi connectivity index (χ3n) is 5.59. The minimum atomic E-state index is -5.87. The van der Waals surface area contributed by atoms with Crippen LogP contribution in [-0.2, 0) is 12.5 Å². The number of carbonyl (C=O) groups excluding carboxylic acids is 2. The van der Waals surface area contributed by atoms with Gasteiger partial charge in [0.15, 0.2) is 11.5 Å². The van der Waals surface area contributed by atoms with Crippen molar-refractivity contribution in [2.75, 3.05) is 11.9 Å². The van der Waals surface area contributed by atoms with Crippen molar-refractivity contribution in [3.05, 3.63) is 81.0 Å². The lowest BCUT2D eigenvalue weighted by molar-refractivity contribution is -0.291. The molecule has 2 N–H and O–H groups in total. The number of hydrogen-bond acceptors (Lipinski definition) is 6. The Kier molecular flexibility index (Phi) is 8.31. The maximum Gasteiger partial charge on any atom is 0.459 e. The normalized spacial score (nSPS) is 11.9. The van der Waals surface area contributed by atoms with E-state index in [2.05, 4.69) is 31.0 Å². The maximum absolute atomic E-state index is 13.7. The van der Waals surface area contributed by atoms with Gasteiger partial charge in [-0.1, -0.05) is 28.4 Å². The van der Waals surface area contributed by atoms with Gasteiger partial charge < -0.3 is 10.6 Å². The third kappa shape index (κ3) is 6.15. The molecule has 0 unspecified atom stereocenters. The number of amides is 2. The molecule has 0 aliphatic heterocycles. The molecular weight excluding hydrogens is 598 g/mol. The van der Waals surface area contributed by atoms with Crippen molar-refractivity contribution in [2.45, 2.75) is 32.5 Å². The number of carbonyl (C=O) groups is 2. The first-order valence-electron chi connectivity index (χ1n) is 11.7. The molecule has 0 aliphatic carbocycles. The lowest BCUT2D eigenvalue weighted by atomic mass is 10.1. The van der Waals surface area contributed by atoms with E-state index in [9.17, 15) is 31.5 Å². The van der Waals surface area contributed by atoms with Gasteiger partial charge in [-0.25, -0.2) is 14.3 Å². The van der Waals surface area contributed by atoms with Gasteiger partial charge in [-0.3, -0.25) is 9.59 Å². The van der Waals surface area contributed by atoms with Gasteiger partial charge in [0.25, 0.3) is 11.8 Å². The number of hydrogen-bond donors (Lipinski definition) is 2. The Morgan fingerprint density at radius 3 is 2.46 bits per heavy atom. The highest BCUT2D eigenvalue weighted by Gasteiger charge is 2.60. The number of nitrogens with one attached hydrogen (secondary N) is 2. The smallest absolute Gasteiger partial charge is 0.352 e. The van der Waals surface area contributed by atoms with Crippen LogP contribution in [-0.4, -0.2) is 54.3 Å². The summed E-state index contributed by atoms with van der Waals surface area (Å²) in [5.74, 6) is -6.47. The average molecular weight is 617 g/mol. The molecule has 0 aliphatic rings. The molecular formula is C24H19Cl2F5N8O2. The zero-order chi connectivity index (χ0) is 30.1. The van der Waals surface area contributed by atoms with Crippen LogP contribution in [0.1, 0.15) is 44.7 Å². The number of nitrogens with zero attached hydrogens (tertiary/aromatic N) is 6. The second kappa shape index (κ2) is 11.4. The molecule has 1 aromatic carbocycles. The molecule has 0 atom stereocenters. The van der Waals surface area contributed by atoms with E-state index in [1.807, 2.05) is 0 Å². The van der Waals surface area contributed by atoms with Crippen LogP contribution >= 0.6 is 23.2 Å². The number of aryl methyl sites for hydroxylation is 1. The van der Waals surface area contributed by atoms with Crippen molar-refractivity contribution in [3.8, 4) is 5.82 Å². The summed E-state index contributed by atoms with van der Waals surface area (Å²) in [5, 5.41) is 16.2. The van der Waals surface area contributed by atoms with Crippen molar-refractivity contribution in [1.29, 1.82) is 0 Å². The van der Waals surface area contributed by atoms with Crippen LogP contribution in [0.3, 0.4) is 0 Å². The number of aromatic nitrogens is 6. The van der Waals surface area contributed by atoms with Gasteiger partial charge in [-0.15, -0.1) is 5.10 Å². The molecule has 10 nitrogen and oxygen atoms in total. The summed E-state index contributed by atoms with van der Waals surface area (Å²) >= 11 is 12.4. The van der Waals surface area contributed by atoms with E-state index < -0.39 is 36.2 Å². The molecule has 17 heteroatoms. The predicted molar refractivity (Wildman–Crippen MR) is 138 cm³/mol. The van der Waals surface area contributed by atoms with Crippen LogP contribution in [0.4, 0.5) is 27.6 Å². The summed E-state index contributed by atoms with van der Waals surface area (Å²) < 4.78 is 67.4. The zero-order valence-corrected chi connectivity index (χ0v) is 22.6. The van der Waals surface area contributed by atoms with Gasteiger partial charge in [0.2, 0.25) is 0 Å². The van der Waals surface area contributed by atoms with Gasteiger partial charge >= 0.3 is 12.1 Å². The monoisotopic (exact) mass is 616 g/mol. The molecule has 0 bridgehead atoms. The molecule has 0 fully saturated rings. The van der Waals surface area contributed by atoms with Crippen LogP contribution < -0.4 is 10.6 Å². The standard InChI is InChI=1S/C24H19Cl2F5N8O2/c1-3-32-21(40)15-8-13(25)7-12(2)19(15)34-22(41)17-9-14(36-39(17)20-16(26)5-4-6-33-20)10-38-11-18(35-37-38)23(27,28)24(29,30)31/h4-9,11H,3,10H2,1-2H3,(H,32,40)(H,34,41). The highest BCUT2D eigenvalue weighted by atomic mass is 35.5. The molecule has 3 heterocycles. The zero-order valence-electron chi connectivity index (χ0n) is 21.1. The fraction of sp³-hybridized carbons (Fsp3) is 0.250. The first kappa shape index (κ1) is 29.9. The third-order valence-corrected chi connectivity index (χ3v) is 6.11. The Bertz CT molecular complexity index is 1620. The van der Waals surface area contributed by atoms with E-state index in [1.165, 1.54) is 36.5 Å². The summed E-state index contributed by atoms with van der Waals surface area (Å²) in [4.78, 5) is 30.3. The van der Waals surface area contributed by atoms with Crippen LogP contribution in [0.25, 0.3) is 5.82 Å². The number of benzene rings is 1.